The van der Waals surface area contributed by atoms with Gasteiger partial charge in [-0.3, -0.25) is 0 Å². The lowest BCUT2D eigenvalue weighted by molar-refractivity contribution is 0.391. The van der Waals surface area contributed by atoms with Crippen LogP contribution in [0.15, 0.2) is 56.8 Å². The van der Waals surface area contributed by atoms with Gasteiger partial charge in [-0.25, -0.2) is 4.68 Å². The second kappa shape index (κ2) is 7.40. The first-order valence-electron chi connectivity index (χ1n) is 7.70. The number of tetrazole rings is 1. The molecule has 9 nitrogen and oxygen atoms in total. The highest BCUT2D eigenvalue weighted by molar-refractivity contribution is 7.98. The van der Waals surface area contributed by atoms with Gasteiger partial charge in [-0.15, -0.1) is 5.10 Å². The number of rotatable bonds is 7. The van der Waals surface area contributed by atoms with Gasteiger partial charge in [0.1, 0.15) is 18.1 Å². The average Bonchev–Trinajstić information content (AvgIpc) is 3.43. The molecule has 0 saturated carbocycles. The first kappa shape index (κ1) is 16.3. The lowest BCUT2D eigenvalue weighted by atomic mass is 10.2. The second-order valence-corrected chi connectivity index (χ2v) is 6.17. The van der Waals surface area contributed by atoms with E-state index >= 15 is 0 Å². The van der Waals surface area contributed by atoms with Crippen LogP contribution in [0, 0.1) is 0 Å². The molecule has 0 N–H and O–H groups in total. The first-order valence-corrected chi connectivity index (χ1v) is 8.69. The molecule has 1 aromatic carbocycles. The summed E-state index contributed by atoms with van der Waals surface area (Å²) in [6.45, 7) is 0.462. The molecule has 4 aromatic rings. The van der Waals surface area contributed by atoms with E-state index in [1.54, 1.807) is 18.1 Å². The first-order chi connectivity index (χ1) is 12.8. The van der Waals surface area contributed by atoms with Crippen molar-refractivity contribution in [1.82, 2.24) is 30.3 Å². The summed E-state index contributed by atoms with van der Waals surface area (Å²) < 4.78 is 17.4. The molecular formula is C16H14N6O3S. The fraction of sp³-hybridized carbons (Fsp3) is 0.188. The van der Waals surface area contributed by atoms with Crippen molar-refractivity contribution in [2.45, 2.75) is 17.5 Å². The largest absolute Gasteiger partial charge is 0.497 e. The number of furan rings is 1. The summed E-state index contributed by atoms with van der Waals surface area (Å²) in [6.07, 6.45) is 1.62. The van der Waals surface area contributed by atoms with Crippen LogP contribution in [0.4, 0.5) is 0 Å². The van der Waals surface area contributed by atoms with Crippen molar-refractivity contribution < 1.29 is 13.7 Å². The molecule has 0 spiro atoms. The Morgan fingerprint density at radius 2 is 2.08 bits per heavy atom. The maximum atomic E-state index is 5.32. The molecule has 0 aliphatic heterocycles. The molecular weight excluding hydrogens is 356 g/mol. The Kier molecular flexibility index (Phi) is 4.65. The summed E-state index contributed by atoms with van der Waals surface area (Å²) in [5.74, 6) is 3.03. The number of nitrogens with zero attached hydrogens (tertiary/aromatic N) is 6. The quantitative estimate of drug-likeness (QED) is 0.454. The number of thioether (sulfide) groups is 1. The maximum absolute atomic E-state index is 5.32. The van der Waals surface area contributed by atoms with Crippen LogP contribution in [0.25, 0.3) is 11.4 Å². The van der Waals surface area contributed by atoms with Gasteiger partial charge in [0, 0.05) is 5.56 Å². The molecule has 0 amide bonds. The summed E-state index contributed by atoms with van der Waals surface area (Å²) >= 11 is 1.41. The fourth-order valence-corrected chi connectivity index (χ4v) is 2.96. The van der Waals surface area contributed by atoms with Crippen molar-refractivity contribution >= 4 is 11.8 Å². The van der Waals surface area contributed by atoms with E-state index < -0.39 is 0 Å². The third kappa shape index (κ3) is 3.59. The van der Waals surface area contributed by atoms with Gasteiger partial charge < -0.3 is 13.7 Å². The number of hydrogen-bond acceptors (Lipinski definition) is 9. The molecule has 0 aliphatic rings. The van der Waals surface area contributed by atoms with Crippen LogP contribution in [0.2, 0.25) is 0 Å². The Hall–Kier alpha value is -3.14. The van der Waals surface area contributed by atoms with E-state index in [4.69, 9.17) is 13.7 Å². The minimum Gasteiger partial charge on any atom is -0.497 e. The van der Waals surface area contributed by atoms with E-state index in [9.17, 15) is 0 Å². The van der Waals surface area contributed by atoms with Crippen molar-refractivity contribution in [2.24, 2.45) is 0 Å². The minimum atomic E-state index is 0.460. The molecule has 4 rings (SSSR count). The highest BCUT2D eigenvalue weighted by Gasteiger charge is 2.13. The summed E-state index contributed by atoms with van der Waals surface area (Å²) in [5, 5.41) is 16.3. The van der Waals surface area contributed by atoms with Gasteiger partial charge in [0.15, 0.2) is 0 Å². The topological polar surface area (TPSA) is 105 Å². The smallest absolute Gasteiger partial charge is 0.237 e. The lowest BCUT2D eigenvalue weighted by Gasteiger charge is -2.00. The maximum Gasteiger partial charge on any atom is 0.237 e. The molecule has 0 saturated heterocycles. The molecule has 26 heavy (non-hydrogen) atoms. The lowest BCUT2D eigenvalue weighted by Crippen LogP contribution is -2.03. The Balaban J connectivity index is 1.41. The van der Waals surface area contributed by atoms with E-state index in [1.165, 1.54) is 11.8 Å². The standard InChI is InChI=1S/C16H14N6O3S/c1-23-12-6-4-11(5-7-12)15-17-14(25-19-15)10-26-16-18-20-21-22(16)9-13-3-2-8-24-13/h2-8H,9-10H2,1H3. The number of aromatic nitrogens is 6. The van der Waals surface area contributed by atoms with Gasteiger partial charge >= 0.3 is 0 Å². The summed E-state index contributed by atoms with van der Waals surface area (Å²) in [5.41, 5.74) is 0.855. The van der Waals surface area contributed by atoms with Gasteiger partial charge in [-0.1, -0.05) is 16.9 Å². The Morgan fingerprint density at radius 1 is 1.19 bits per heavy atom. The van der Waals surface area contributed by atoms with Crippen molar-refractivity contribution in [3.05, 3.63) is 54.3 Å². The van der Waals surface area contributed by atoms with Gasteiger partial charge in [0.2, 0.25) is 16.9 Å². The van der Waals surface area contributed by atoms with E-state index in [1.807, 2.05) is 36.4 Å². The molecule has 3 heterocycles. The summed E-state index contributed by atoms with van der Waals surface area (Å²) in [7, 11) is 1.62. The zero-order valence-electron chi connectivity index (χ0n) is 13.8. The third-order valence-electron chi connectivity index (χ3n) is 3.53. The molecule has 0 bridgehead atoms. The Bertz CT molecular complexity index is 964. The highest BCUT2D eigenvalue weighted by atomic mass is 32.2. The van der Waals surface area contributed by atoms with Crippen molar-refractivity contribution in [3.63, 3.8) is 0 Å². The molecule has 3 aromatic heterocycles. The predicted octanol–water partition coefficient (Wildman–Crippen LogP) is 2.67. The van der Waals surface area contributed by atoms with Crippen LogP contribution < -0.4 is 4.74 Å². The summed E-state index contributed by atoms with van der Waals surface area (Å²) in [4.78, 5) is 4.41. The van der Waals surface area contributed by atoms with E-state index in [-0.39, 0.29) is 0 Å². The van der Waals surface area contributed by atoms with Gasteiger partial charge in [0.25, 0.3) is 0 Å². The Morgan fingerprint density at radius 3 is 2.85 bits per heavy atom. The van der Waals surface area contributed by atoms with Crippen LogP contribution >= 0.6 is 11.8 Å². The summed E-state index contributed by atoms with van der Waals surface area (Å²) in [6, 6.07) is 11.2. The molecule has 0 aliphatic carbocycles. The van der Waals surface area contributed by atoms with Crippen molar-refractivity contribution in [1.29, 1.82) is 0 Å². The van der Waals surface area contributed by atoms with Crippen LogP contribution in [0.5, 0.6) is 5.75 Å². The van der Waals surface area contributed by atoms with Crippen LogP contribution in [0.3, 0.4) is 0 Å². The number of ether oxygens (including phenoxy) is 1. The minimum absolute atomic E-state index is 0.460. The van der Waals surface area contributed by atoms with Gasteiger partial charge in [-0.05, 0) is 46.8 Å². The molecule has 0 radical (unpaired) electrons. The number of hydrogen-bond donors (Lipinski definition) is 0. The molecule has 0 fully saturated rings. The zero-order chi connectivity index (χ0) is 17.8. The van der Waals surface area contributed by atoms with Crippen LogP contribution in [-0.2, 0) is 12.3 Å². The third-order valence-corrected chi connectivity index (χ3v) is 4.47. The van der Waals surface area contributed by atoms with Gasteiger partial charge in [0.05, 0.1) is 19.1 Å². The molecule has 0 unspecified atom stereocenters. The SMILES string of the molecule is COc1ccc(-c2noc(CSc3nnnn3Cc3ccco3)n2)cc1. The number of methoxy groups -OCH3 is 1. The average molecular weight is 370 g/mol. The Labute approximate surface area is 152 Å². The van der Waals surface area contributed by atoms with Gasteiger partial charge in [-0.2, -0.15) is 4.98 Å². The predicted molar refractivity (Wildman–Crippen MR) is 91.5 cm³/mol. The fourth-order valence-electron chi connectivity index (χ4n) is 2.25. The van der Waals surface area contributed by atoms with E-state index in [2.05, 4.69) is 25.7 Å². The van der Waals surface area contributed by atoms with Crippen molar-refractivity contribution in [3.8, 4) is 17.1 Å². The number of benzene rings is 1. The second-order valence-electron chi connectivity index (χ2n) is 5.23. The van der Waals surface area contributed by atoms with Crippen LogP contribution in [0.1, 0.15) is 11.7 Å². The van der Waals surface area contributed by atoms with Crippen LogP contribution in [-0.4, -0.2) is 37.5 Å². The molecule has 132 valence electrons. The molecule has 10 heteroatoms. The van der Waals surface area contributed by atoms with E-state index in [0.717, 1.165) is 17.1 Å². The zero-order valence-corrected chi connectivity index (χ0v) is 14.6. The van der Waals surface area contributed by atoms with Crippen molar-refractivity contribution in [2.75, 3.05) is 7.11 Å². The van der Waals surface area contributed by atoms with E-state index in [0.29, 0.717) is 29.2 Å². The monoisotopic (exact) mass is 370 g/mol. The highest BCUT2D eigenvalue weighted by Crippen LogP contribution is 2.23. The normalized spacial score (nSPS) is 11.0. The molecule has 0 atom stereocenters.